The Morgan fingerprint density at radius 1 is 0.432 bits per heavy atom. The van der Waals surface area contributed by atoms with E-state index in [9.17, 15) is 19.2 Å². The lowest BCUT2D eigenvalue weighted by Crippen LogP contribution is -2.76. The maximum absolute atomic E-state index is 14.8. The Balaban J connectivity index is 0.705. The van der Waals surface area contributed by atoms with Crippen molar-refractivity contribution in [3.8, 4) is 0 Å². The van der Waals surface area contributed by atoms with Crippen molar-refractivity contribution in [3.63, 3.8) is 0 Å². The number of hydrogen-bond donors (Lipinski definition) is 0. The highest BCUT2D eigenvalue weighted by Gasteiger charge is 2.75. The Morgan fingerprint density at radius 2 is 0.784 bits per heavy atom. The zero-order chi connectivity index (χ0) is 50.2. The van der Waals surface area contributed by atoms with Crippen LogP contribution >= 0.6 is 0 Å². The molecule has 74 heavy (non-hydrogen) atoms. The van der Waals surface area contributed by atoms with Gasteiger partial charge >= 0.3 is 0 Å². The second-order valence-electron chi connectivity index (χ2n) is 26.0. The lowest BCUT2D eigenvalue weighted by atomic mass is 9.29. The molecule has 10 nitrogen and oxygen atoms in total. The summed E-state index contributed by atoms with van der Waals surface area (Å²) in [5.74, 6) is 0.329. The number of fused-ring (bicyclic) bond motifs is 6. The molecule has 20 atom stereocenters. The van der Waals surface area contributed by atoms with E-state index < -0.39 is 11.8 Å². The van der Waals surface area contributed by atoms with Gasteiger partial charge in [0.2, 0.25) is 23.6 Å². The third-order valence-electron chi connectivity index (χ3n) is 22.9. The van der Waals surface area contributed by atoms with Crippen molar-refractivity contribution in [2.24, 2.45) is 59.2 Å². The highest BCUT2D eigenvalue weighted by molar-refractivity contribution is 6.22. The van der Waals surface area contributed by atoms with Crippen LogP contribution < -0.4 is 4.90 Å². The fraction of sp³-hybridized carbons (Fsp3) is 0.562. The Morgan fingerprint density at radius 3 is 1.20 bits per heavy atom. The number of nitrogens with zero attached hydrogens (tertiary/aromatic N) is 2. The summed E-state index contributed by atoms with van der Waals surface area (Å²) in [5, 5.41) is 0. The number of carbonyl (C=O) groups is 4. The van der Waals surface area contributed by atoms with Gasteiger partial charge in [0.1, 0.15) is 0 Å². The van der Waals surface area contributed by atoms with Crippen LogP contribution in [-0.2, 0) is 49.0 Å². The van der Waals surface area contributed by atoms with E-state index in [4.69, 9.17) is 18.9 Å². The lowest BCUT2D eigenvalue weighted by molar-refractivity contribution is -0.298. The van der Waals surface area contributed by atoms with Gasteiger partial charge in [0.25, 0.3) is 0 Å². The van der Waals surface area contributed by atoms with Crippen LogP contribution in [0.2, 0.25) is 0 Å². The number of aryl methyl sites for hydroxylation is 1. The predicted octanol–water partition coefficient (Wildman–Crippen LogP) is 9.52. The predicted molar refractivity (Wildman–Crippen MR) is 275 cm³/mol. The smallest absolute Gasteiger partial charge is 0.237 e. The summed E-state index contributed by atoms with van der Waals surface area (Å²) in [5.41, 5.74) is 12.5. The van der Waals surface area contributed by atoms with Crippen LogP contribution in [0.1, 0.15) is 141 Å². The number of amides is 4. The minimum Gasteiger partial charge on any atom is -0.370 e. The maximum Gasteiger partial charge on any atom is 0.237 e. The summed E-state index contributed by atoms with van der Waals surface area (Å²) < 4.78 is 29.2. The molecule has 0 N–H and O–H groups in total. The van der Waals surface area contributed by atoms with E-state index in [1.807, 2.05) is 6.07 Å². The molecule has 18 rings (SSSR count). The fourth-order valence-electron chi connectivity index (χ4n) is 20.5. The molecule has 4 aliphatic heterocycles. The van der Waals surface area contributed by atoms with E-state index in [2.05, 4.69) is 113 Å². The van der Waals surface area contributed by atoms with Gasteiger partial charge in [-0.1, -0.05) is 106 Å². The van der Waals surface area contributed by atoms with E-state index in [1.54, 1.807) is 7.05 Å². The Labute approximate surface area is 434 Å². The summed E-state index contributed by atoms with van der Waals surface area (Å²) in [7, 11) is 1.63. The molecule has 4 aromatic carbocycles. The number of ether oxygens (including phenoxy) is 4. The van der Waals surface area contributed by atoms with Gasteiger partial charge in [-0.15, -0.1) is 0 Å². The van der Waals surface area contributed by atoms with Crippen molar-refractivity contribution in [3.05, 3.63) is 135 Å². The Hall–Kier alpha value is -5.00. The number of carbonyl (C=O) groups excluding carboxylic acids is 4. The SMILES string of the molecule is Cc1ccc2c(c1)C1c3ccccc3C2c2cc(N3C(=O)C4CC5OC6CC7C(CC6OC5CC4C3=O)C3(C(C)C)c4ccccc4C7(C(C)C)C4CC5OC6CC7C(=O)N(C)C(=O)C7CC6OC5CC43)ccc21. The van der Waals surface area contributed by atoms with Gasteiger partial charge < -0.3 is 18.9 Å². The first kappa shape index (κ1) is 45.2. The quantitative estimate of drug-likeness (QED) is 0.161. The highest BCUT2D eigenvalue weighted by atomic mass is 16.6. The van der Waals surface area contributed by atoms with E-state index >= 15 is 0 Å². The van der Waals surface area contributed by atoms with Crippen LogP contribution in [0.5, 0.6) is 0 Å². The van der Waals surface area contributed by atoms with Crippen LogP contribution in [0, 0.1) is 66.1 Å². The third kappa shape index (κ3) is 5.47. The molecule has 4 aromatic rings. The number of anilines is 1. The summed E-state index contributed by atoms with van der Waals surface area (Å²) in [6.07, 6.45) is 4.37. The molecule has 4 amide bonds. The molecule has 0 aromatic heterocycles. The molecule has 0 spiro atoms. The van der Waals surface area contributed by atoms with E-state index in [0.717, 1.165) is 25.7 Å². The monoisotopic (exact) mass is 992 g/mol. The largest absolute Gasteiger partial charge is 0.370 e. The summed E-state index contributed by atoms with van der Waals surface area (Å²) in [6.45, 7) is 12.0. The topological polar surface area (TPSA) is 112 Å². The second-order valence-corrected chi connectivity index (χ2v) is 26.0. The molecular formula is C64H68N2O8. The van der Waals surface area contributed by atoms with Crippen molar-refractivity contribution in [2.75, 3.05) is 11.9 Å². The van der Waals surface area contributed by atoms with E-state index in [1.165, 1.54) is 59.9 Å². The fourth-order valence-corrected chi connectivity index (χ4v) is 20.5. The van der Waals surface area contributed by atoms with E-state index in [0.29, 0.717) is 66.9 Å². The van der Waals surface area contributed by atoms with Crippen LogP contribution in [0.4, 0.5) is 5.69 Å². The lowest BCUT2D eigenvalue weighted by Gasteiger charge is -2.76. The molecular weight excluding hydrogens is 925 g/mol. The van der Waals surface area contributed by atoms with Crippen molar-refractivity contribution in [1.82, 2.24) is 4.90 Å². The number of rotatable bonds is 3. The third-order valence-corrected chi connectivity index (χ3v) is 22.9. The van der Waals surface area contributed by atoms with Crippen LogP contribution in [0.25, 0.3) is 0 Å². The molecule has 0 radical (unpaired) electrons. The van der Waals surface area contributed by atoms with Gasteiger partial charge in [-0.25, -0.2) is 0 Å². The Kier molecular flexibility index (Phi) is 9.38. The normalized spacial score (nSPS) is 43.3. The summed E-state index contributed by atoms with van der Waals surface area (Å²) in [6, 6.07) is 31.4. The van der Waals surface area contributed by atoms with Gasteiger partial charge in [-0.05, 0) is 150 Å². The number of likely N-dealkylation sites (tertiary alicyclic amines) is 1. The van der Waals surface area contributed by atoms with Crippen molar-refractivity contribution in [2.45, 2.75) is 157 Å². The number of hydrogen-bond acceptors (Lipinski definition) is 8. The first-order chi connectivity index (χ1) is 35.8. The Bertz CT molecular complexity index is 3020. The molecule has 9 fully saturated rings. The first-order valence-corrected chi connectivity index (χ1v) is 28.5. The molecule has 4 saturated heterocycles. The minimum absolute atomic E-state index is 0.0452. The first-order valence-electron chi connectivity index (χ1n) is 28.5. The van der Waals surface area contributed by atoms with Gasteiger partial charge in [0.05, 0.1) is 78.2 Å². The standard InChI is InChI=1S/C64H68N2O8/c1-29(2)63-43-13-9-10-14-44(43)64(30(3)4,46-26-54-53(25-45(46)63)71-49-21-39-40(22-50(49)72-54)60(68)65(6)59(39)67)48-28-56-55(27-47(48)63)73-51-23-41-42(24-52(51)74-56)62(70)66(61(41)69)32-16-18-36-38(20-32)58-34-12-8-7-11-33(34)57(36)37-19-31(5)15-17-35(37)58/h7-20,29-30,39-42,45-58H,21-28H2,1-6H3. The zero-order valence-corrected chi connectivity index (χ0v) is 43.4. The maximum atomic E-state index is 14.8. The average Bonchev–Trinajstić information content (AvgIpc) is 3.92. The van der Waals surface area contributed by atoms with Crippen LogP contribution in [0.3, 0.4) is 0 Å². The van der Waals surface area contributed by atoms with Crippen molar-refractivity contribution < 1.29 is 38.1 Å². The number of imide groups is 2. The van der Waals surface area contributed by atoms with E-state index in [-0.39, 0.29) is 107 Å². The van der Waals surface area contributed by atoms with Gasteiger partial charge in [-0.3, -0.25) is 29.0 Å². The van der Waals surface area contributed by atoms with Gasteiger partial charge in [-0.2, -0.15) is 0 Å². The molecule has 5 saturated carbocycles. The molecule has 20 unspecified atom stereocenters. The van der Waals surface area contributed by atoms with Crippen molar-refractivity contribution >= 4 is 29.3 Å². The van der Waals surface area contributed by atoms with Crippen LogP contribution in [0.15, 0.2) is 84.9 Å². The van der Waals surface area contributed by atoms with Crippen molar-refractivity contribution in [1.29, 1.82) is 0 Å². The van der Waals surface area contributed by atoms with Crippen LogP contribution in [-0.4, -0.2) is 84.4 Å². The minimum atomic E-state index is -0.447. The molecule has 10 heteroatoms. The number of benzene rings is 4. The zero-order valence-electron chi connectivity index (χ0n) is 43.4. The second kappa shape index (κ2) is 15.4. The molecule has 382 valence electrons. The highest BCUT2D eigenvalue weighted by Crippen LogP contribution is 2.76. The van der Waals surface area contributed by atoms with Gasteiger partial charge in [0, 0.05) is 29.7 Å². The molecule has 4 bridgehead atoms. The summed E-state index contributed by atoms with van der Waals surface area (Å²) >= 11 is 0. The molecule has 10 aliphatic carbocycles. The molecule has 4 heterocycles. The molecule has 14 aliphatic rings. The average molecular weight is 993 g/mol. The van der Waals surface area contributed by atoms with Gasteiger partial charge in [0.15, 0.2) is 0 Å². The summed E-state index contributed by atoms with van der Waals surface area (Å²) in [4.78, 5) is 59.0.